The Morgan fingerprint density at radius 1 is 1.33 bits per heavy atom. The maximum atomic E-state index is 11.5. The normalized spacial score (nSPS) is 13.3. The highest BCUT2D eigenvalue weighted by atomic mass is 35.5. The second-order valence-electron chi connectivity index (χ2n) is 3.16. The van der Waals surface area contributed by atoms with Crippen LogP contribution in [0, 0.1) is 0 Å². The number of halogens is 1. The van der Waals surface area contributed by atoms with E-state index in [9.17, 15) is 8.42 Å². The van der Waals surface area contributed by atoms with Gasteiger partial charge in [0.25, 0.3) is 0 Å². The Balaban J connectivity index is 0. The number of methoxy groups -OCH3 is 1. The molecule has 0 aliphatic heterocycles. The molecule has 0 saturated heterocycles. The van der Waals surface area contributed by atoms with Gasteiger partial charge in [0.2, 0.25) is 10.0 Å². The standard InChI is InChI=1S/C8H20N2O3S.ClH/c1-8(7-13-3)14(11,12)10-6-4-5-9-2;/h8-10H,4-7H2,1-3H3;1H. The van der Waals surface area contributed by atoms with Crippen LogP contribution >= 0.6 is 12.4 Å². The van der Waals surface area contributed by atoms with Gasteiger partial charge in [-0.1, -0.05) is 0 Å². The first-order valence-corrected chi connectivity index (χ1v) is 6.21. The molecule has 7 heteroatoms. The predicted molar refractivity (Wildman–Crippen MR) is 64.1 cm³/mol. The SMILES string of the molecule is CNCCCNS(=O)(=O)C(C)COC.Cl. The van der Waals surface area contributed by atoms with Crippen molar-refractivity contribution in [3.8, 4) is 0 Å². The van der Waals surface area contributed by atoms with E-state index in [1.165, 1.54) is 7.11 Å². The molecule has 0 radical (unpaired) electrons. The van der Waals surface area contributed by atoms with Gasteiger partial charge >= 0.3 is 0 Å². The smallest absolute Gasteiger partial charge is 0.216 e. The molecule has 0 saturated carbocycles. The van der Waals surface area contributed by atoms with Crippen LogP contribution in [0.4, 0.5) is 0 Å². The van der Waals surface area contributed by atoms with Gasteiger partial charge in [0.1, 0.15) is 0 Å². The van der Waals surface area contributed by atoms with E-state index >= 15 is 0 Å². The Kier molecular flexibility index (Phi) is 10.9. The number of sulfonamides is 1. The number of hydrogen-bond acceptors (Lipinski definition) is 4. The zero-order valence-electron chi connectivity index (χ0n) is 9.45. The van der Waals surface area contributed by atoms with Gasteiger partial charge in [0, 0.05) is 13.7 Å². The van der Waals surface area contributed by atoms with Gasteiger partial charge in [-0.15, -0.1) is 12.4 Å². The molecule has 0 amide bonds. The van der Waals surface area contributed by atoms with Crippen LogP contribution in [0.1, 0.15) is 13.3 Å². The van der Waals surface area contributed by atoms with Crippen molar-refractivity contribution in [1.29, 1.82) is 0 Å². The Bertz CT molecular complexity index is 234. The van der Waals surface area contributed by atoms with E-state index < -0.39 is 15.3 Å². The summed E-state index contributed by atoms with van der Waals surface area (Å²) in [5.41, 5.74) is 0. The number of hydrogen-bond donors (Lipinski definition) is 2. The van der Waals surface area contributed by atoms with Crippen molar-refractivity contribution < 1.29 is 13.2 Å². The molecule has 0 aliphatic carbocycles. The topological polar surface area (TPSA) is 67.4 Å². The lowest BCUT2D eigenvalue weighted by Crippen LogP contribution is -2.36. The lowest BCUT2D eigenvalue weighted by atomic mass is 10.4. The van der Waals surface area contributed by atoms with Gasteiger partial charge in [-0.3, -0.25) is 0 Å². The molecule has 2 N–H and O–H groups in total. The highest BCUT2D eigenvalue weighted by Gasteiger charge is 2.19. The van der Waals surface area contributed by atoms with Crippen molar-refractivity contribution >= 4 is 22.4 Å². The van der Waals surface area contributed by atoms with E-state index in [0.29, 0.717) is 6.54 Å². The number of rotatable bonds is 8. The van der Waals surface area contributed by atoms with Crippen molar-refractivity contribution in [2.45, 2.75) is 18.6 Å². The molecule has 0 heterocycles. The minimum Gasteiger partial charge on any atom is -0.383 e. The Hall–Kier alpha value is 0.120. The van der Waals surface area contributed by atoms with E-state index in [2.05, 4.69) is 10.0 Å². The van der Waals surface area contributed by atoms with Crippen LogP contribution in [0.3, 0.4) is 0 Å². The maximum absolute atomic E-state index is 11.5. The highest BCUT2D eigenvalue weighted by Crippen LogP contribution is 1.98. The Morgan fingerprint density at radius 2 is 1.93 bits per heavy atom. The largest absolute Gasteiger partial charge is 0.383 e. The van der Waals surface area contributed by atoms with Gasteiger partial charge in [-0.2, -0.15) is 0 Å². The summed E-state index contributed by atoms with van der Waals surface area (Å²) in [6.07, 6.45) is 0.787. The molecule has 0 rings (SSSR count). The first-order chi connectivity index (χ1) is 6.54. The fraction of sp³-hybridized carbons (Fsp3) is 1.00. The van der Waals surface area contributed by atoms with Crippen LogP contribution < -0.4 is 10.0 Å². The maximum Gasteiger partial charge on any atom is 0.216 e. The zero-order chi connectivity index (χ0) is 11.0. The van der Waals surface area contributed by atoms with Gasteiger partial charge in [0.15, 0.2) is 0 Å². The molecule has 5 nitrogen and oxygen atoms in total. The summed E-state index contributed by atoms with van der Waals surface area (Å²) in [5, 5.41) is 2.45. The zero-order valence-corrected chi connectivity index (χ0v) is 11.1. The fourth-order valence-corrected chi connectivity index (χ4v) is 1.97. The fourth-order valence-electron chi connectivity index (χ4n) is 0.946. The lowest BCUT2D eigenvalue weighted by Gasteiger charge is -2.12. The third kappa shape index (κ3) is 7.98. The van der Waals surface area contributed by atoms with E-state index in [1.807, 2.05) is 7.05 Å². The van der Waals surface area contributed by atoms with Crippen LogP contribution in [0.5, 0.6) is 0 Å². The van der Waals surface area contributed by atoms with Crippen LogP contribution in [-0.4, -0.2) is 47.5 Å². The second-order valence-corrected chi connectivity index (χ2v) is 5.35. The van der Waals surface area contributed by atoms with Gasteiger partial charge in [-0.05, 0) is 26.9 Å². The highest BCUT2D eigenvalue weighted by molar-refractivity contribution is 7.90. The summed E-state index contributed by atoms with van der Waals surface area (Å²) in [7, 11) is 0.123. The molecule has 0 aromatic heterocycles. The Morgan fingerprint density at radius 3 is 2.40 bits per heavy atom. The minimum absolute atomic E-state index is 0. The molecular formula is C8H21ClN2O3S. The molecule has 1 atom stereocenters. The molecule has 0 aromatic carbocycles. The molecule has 0 aromatic rings. The van der Waals surface area contributed by atoms with Gasteiger partial charge < -0.3 is 10.1 Å². The van der Waals surface area contributed by atoms with E-state index in [0.717, 1.165) is 13.0 Å². The summed E-state index contributed by atoms with van der Waals surface area (Å²) in [5.74, 6) is 0. The number of ether oxygens (including phenoxy) is 1. The third-order valence-corrected chi connectivity index (χ3v) is 3.64. The van der Waals surface area contributed by atoms with Crippen LogP contribution in [0.15, 0.2) is 0 Å². The van der Waals surface area contributed by atoms with Crippen LogP contribution in [0.25, 0.3) is 0 Å². The molecule has 1 unspecified atom stereocenters. The Labute approximate surface area is 98.4 Å². The first kappa shape index (κ1) is 17.5. The van der Waals surface area contributed by atoms with Gasteiger partial charge in [-0.25, -0.2) is 13.1 Å². The molecule has 15 heavy (non-hydrogen) atoms. The first-order valence-electron chi connectivity index (χ1n) is 4.66. The van der Waals surface area contributed by atoms with E-state index in [1.54, 1.807) is 6.92 Å². The van der Waals surface area contributed by atoms with Crippen LogP contribution in [0.2, 0.25) is 0 Å². The average molecular weight is 261 g/mol. The van der Waals surface area contributed by atoms with Crippen molar-refractivity contribution in [3.63, 3.8) is 0 Å². The monoisotopic (exact) mass is 260 g/mol. The molecule has 94 valence electrons. The third-order valence-electron chi connectivity index (χ3n) is 1.84. The molecule has 0 spiro atoms. The summed E-state index contributed by atoms with van der Waals surface area (Å²) >= 11 is 0. The molecule has 0 aliphatic rings. The summed E-state index contributed by atoms with van der Waals surface area (Å²) < 4.78 is 30.3. The summed E-state index contributed by atoms with van der Waals surface area (Å²) in [6.45, 7) is 3.13. The van der Waals surface area contributed by atoms with E-state index in [-0.39, 0.29) is 19.0 Å². The van der Waals surface area contributed by atoms with Crippen molar-refractivity contribution in [1.82, 2.24) is 10.0 Å². The molecule has 0 bridgehead atoms. The number of nitrogens with one attached hydrogen (secondary N) is 2. The molecule has 0 fully saturated rings. The lowest BCUT2D eigenvalue weighted by molar-refractivity contribution is 0.200. The predicted octanol–water partition coefficient (Wildman–Crippen LogP) is -0.0280. The van der Waals surface area contributed by atoms with Crippen molar-refractivity contribution in [2.75, 3.05) is 33.9 Å². The van der Waals surface area contributed by atoms with E-state index in [4.69, 9.17) is 4.74 Å². The average Bonchev–Trinajstić information content (AvgIpc) is 2.13. The van der Waals surface area contributed by atoms with Crippen molar-refractivity contribution in [2.24, 2.45) is 0 Å². The summed E-state index contributed by atoms with van der Waals surface area (Å²) in [6, 6.07) is 0. The van der Waals surface area contributed by atoms with Crippen molar-refractivity contribution in [3.05, 3.63) is 0 Å². The second kappa shape index (κ2) is 9.35. The molecular weight excluding hydrogens is 240 g/mol. The summed E-state index contributed by atoms with van der Waals surface area (Å²) in [4.78, 5) is 0. The van der Waals surface area contributed by atoms with Crippen LogP contribution in [-0.2, 0) is 14.8 Å². The quantitative estimate of drug-likeness (QED) is 0.602. The van der Waals surface area contributed by atoms with Gasteiger partial charge in [0.05, 0.1) is 11.9 Å². The minimum atomic E-state index is -3.21.